The number of rotatable bonds is 2. The van der Waals surface area contributed by atoms with E-state index in [1.807, 2.05) is 70.2 Å². The smallest absolute Gasteiger partial charge is 0.399 e. The molecular weight excluding hydrogens is 285 g/mol. The molecule has 0 spiro atoms. The molecule has 2 aromatic carbocycles. The molecule has 1 saturated heterocycles. The van der Waals surface area contributed by atoms with E-state index in [4.69, 9.17) is 14.6 Å². The van der Waals surface area contributed by atoms with Crippen LogP contribution in [0.5, 0.6) is 0 Å². The molecule has 23 heavy (non-hydrogen) atoms. The molecule has 0 unspecified atom stereocenters. The molecule has 3 nitrogen and oxygen atoms in total. The molecule has 1 aliphatic heterocycles. The minimum atomic E-state index is -0.376. The zero-order valence-electron chi connectivity index (χ0n) is 14.0. The number of nitrogens with zero attached hydrogens (tertiary/aromatic N) is 1. The third-order valence-corrected chi connectivity index (χ3v) is 4.74. The van der Waals surface area contributed by atoms with Crippen molar-refractivity contribution in [2.24, 2.45) is 0 Å². The molecule has 0 bridgehead atoms. The van der Waals surface area contributed by atoms with Crippen LogP contribution in [0.25, 0.3) is 11.1 Å². The first-order valence-electron chi connectivity index (χ1n) is 7.78. The Morgan fingerprint density at radius 2 is 1.43 bits per heavy atom. The standard InChI is InChI=1S/C19H20BNO2/c1-18(2)19(3,4)23-20(22-18)17-10-6-9-16(12-17)15-8-5-7-14(11-15)13-21/h5-12H,1-4H3. The van der Waals surface area contributed by atoms with E-state index >= 15 is 0 Å². The zero-order valence-corrected chi connectivity index (χ0v) is 14.0. The number of benzene rings is 2. The number of nitriles is 1. The third kappa shape index (κ3) is 2.90. The molecule has 0 aliphatic carbocycles. The van der Waals surface area contributed by atoms with Crippen LogP contribution in [0, 0.1) is 11.3 Å². The van der Waals surface area contributed by atoms with Crippen molar-refractivity contribution < 1.29 is 9.31 Å². The number of hydrogen-bond donors (Lipinski definition) is 0. The van der Waals surface area contributed by atoms with Crippen LogP contribution in [-0.2, 0) is 9.31 Å². The fourth-order valence-corrected chi connectivity index (χ4v) is 2.61. The second kappa shape index (κ2) is 5.52. The minimum absolute atomic E-state index is 0.353. The van der Waals surface area contributed by atoms with E-state index in [1.54, 1.807) is 0 Å². The van der Waals surface area contributed by atoms with Gasteiger partial charge in [-0.25, -0.2) is 0 Å². The van der Waals surface area contributed by atoms with E-state index in [0.717, 1.165) is 16.6 Å². The van der Waals surface area contributed by atoms with Crippen LogP contribution in [0.3, 0.4) is 0 Å². The highest BCUT2D eigenvalue weighted by Crippen LogP contribution is 2.36. The molecule has 0 aromatic heterocycles. The predicted molar refractivity (Wildman–Crippen MR) is 92.3 cm³/mol. The van der Waals surface area contributed by atoms with Crippen molar-refractivity contribution >= 4 is 12.6 Å². The highest BCUT2D eigenvalue weighted by Gasteiger charge is 2.51. The normalized spacial score (nSPS) is 18.7. The molecule has 116 valence electrons. The van der Waals surface area contributed by atoms with Crippen LogP contribution in [0.15, 0.2) is 48.5 Å². The Morgan fingerprint density at radius 1 is 0.870 bits per heavy atom. The zero-order chi connectivity index (χ0) is 16.7. The highest BCUT2D eigenvalue weighted by atomic mass is 16.7. The predicted octanol–water partition coefficient (Wildman–Crippen LogP) is 3.52. The van der Waals surface area contributed by atoms with Gasteiger partial charge in [-0.2, -0.15) is 5.26 Å². The van der Waals surface area contributed by atoms with Gasteiger partial charge in [-0.1, -0.05) is 36.4 Å². The van der Waals surface area contributed by atoms with Gasteiger partial charge in [0.1, 0.15) is 0 Å². The average Bonchev–Trinajstić information content (AvgIpc) is 2.76. The van der Waals surface area contributed by atoms with Gasteiger partial charge in [0.25, 0.3) is 0 Å². The van der Waals surface area contributed by atoms with E-state index in [-0.39, 0.29) is 18.3 Å². The second-order valence-corrected chi connectivity index (χ2v) is 6.91. The van der Waals surface area contributed by atoms with Crippen LogP contribution >= 0.6 is 0 Å². The lowest BCUT2D eigenvalue weighted by Crippen LogP contribution is -2.41. The van der Waals surface area contributed by atoms with Crippen LogP contribution in [0.1, 0.15) is 33.3 Å². The summed E-state index contributed by atoms with van der Waals surface area (Å²) < 4.78 is 12.2. The Kier molecular flexibility index (Phi) is 3.79. The fourth-order valence-electron chi connectivity index (χ4n) is 2.61. The van der Waals surface area contributed by atoms with E-state index in [2.05, 4.69) is 12.1 Å². The van der Waals surface area contributed by atoms with Crippen molar-refractivity contribution in [1.82, 2.24) is 0 Å². The highest BCUT2D eigenvalue weighted by molar-refractivity contribution is 6.62. The van der Waals surface area contributed by atoms with Crippen molar-refractivity contribution in [2.45, 2.75) is 38.9 Å². The van der Waals surface area contributed by atoms with Gasteiger partial charge in [0.15, 0.2) is 0 Å². The first-order valence-corrected chi connectivity index (χ1v) is 7.78. The van der Waals surface area contributed by atoms with Gasteiger partial charge in [-0.05, 0) is 56.4 Å². The van der Waals surface area contributed by atoms with Gasteiger partial charge in [0, 0.05) is 0 Å². The summed E-state index contributed by atoms with van der Waals surface area (Å²) in [4.78, 5) is 0. The maximum atomic E-state index is 9.06. The summed E-state index contributed by atoms with van der Waals surface area (Å²) in [5.41, 5.74) is 3.01. The van der Waals surface area contributed by atoms with Crippen molar-refractivity contribution in [3.8, 4) is 17.2 Å². The van der Waals surface area contributed by atoms with Crippen LogP contribution in [0.2, 0.25) is 0 Å². The van der Waals surface area contributed by atoms with E-state index in [1.165, 1.54) is 0 Å². The first kappa shape index (κ1) is 15.8. The SMILES string of the molecule is CC1(C)OB(c2cccc(-c3cccc(C#N)c3)c2)OC1(C)C. The van der Waals surface area contributed by atoms with Gasteiger partial charge in [0.05, 0.1) is 22.8 Å². The molecule has 2 aromatic rings. The maximum absolute atomic E-state index is 9.06. The molecule has 0 amide bonds. The van der Waals surface area contributed by atoms with Crippen molar-refractivity contribution in [2.75, 3.05) is 0 Å². The Hall–Kier alpha value is -2.09. The summed E-state index contributed by atoms with van der Waals surface area (Å²) in [7, 11) is -0.376. The van der Waals surface area contributed by atoms with Gasteiger partial charge in [-0.15, -0.1) is 0 Å². The lowest BCUT2D eigenvalue weighted by Gasteiger charge is -2.32. The van der Waals surface area contributed by atoms with Crippen molar-refractivity contribution in [3.05, 3.63) is 54.1 Å². The first-order chi connectivity index (χ1) is 10.8. The largest absolute Gasteiger partial charge is 0.494 e. The van der Waals surface area contributed by atoms with Crippen molar-refractivity contribution in [1.29, 1.82) is 5.26 Å². The molecule has 0 radical (unpaired) electrons. The van der Waals surface area contributed by atoms with Crippen LogP contribution < -0.4 is 5.46 Å². The van der Waals surface area contributed by atoms with Crippen LogP contribution in [0.4, 0.5) is 0 Å². The molecule has 1 aliphatic rings. The topological polar surface area (TPSA) is 42.2 Å². The van der Waals surface area contributed by atoms with Gasteiger partial charge in [-0.3, -0.25) is 0 Å². The molecule has 0 atom stereocenters. The molecule has 3 rings (SSSR count). The second-order valence-electron chi connectivity index (χ2n) is 6.91. The molecule has 1 heterocycles. The van der Waals surface area contributed by atoms with Crippen LogP contribution in [-0.4, -0.2) is 18.3 Å². The Morgan fingerprint density at radius 3 is 2.04 bits per heavy atom. The Balaban J connectivity index is 1.94. The number of hydrogen-bond acceptors (Lipinski definition) is 3. The molecular formula is C19H20BNO2. The van der Waals surface area contributed by atoms with Gasteiger partial charge in [0.2, 0.25) is 0 Å². The summed E-state index contributed by atoms with van der Waals surface area (Å²) in [6, 6.07) is 17.9. The van der Waals surface area contributed by atoms with E-state index in [0.29, 0.717) is 5.56 Å². The quantitative estimate of drug-likeness (QED) is 0.797. The Labute approximate surface area is 138 Å². The Bertz CT molecular complexity index is 761. The minimum Gasteiger partial charge on any atom is -0.399 e. The lowest BCUT2D eigenvalue weighted by atomic mass is 9.78. The average molecular weight is 305 g/mol. The monoisotopic (exact) mass is 305 g/mol. The third-order valence-electron chi connectivity index (χ3n) is 4.74. The molecule has 4 heteroatoms. The van der Waals surface area contributed by atoms with Crippen molar-refractivity contribution in [3.63, 3.8) is 0 Å². The summed E-state index contributed by atoms with van der Waals surface area (Å²) in [6.45, 7) is 8.20. The lowest BCUT2D eigenvalue weighted by molar-refractivity contribution is 0.00578. The summed E-state index contributed by atoms with van der Waals surface area (Å²) >= 11 is 0. The van der Waals surface area contributed by atoms with E-state index in [9.17, 15) is 0 Å². The van der Waals surface area contributed by atoms with Gasteiger partial charge < -0.3 is 9.31 Å². The molecule has 1 fully saturated rings. The fraction of sp³-hybridized carbons (Fsp3) is 0.316. The summed E-state index contributed by atoms with van der Waals surface area (Å²) in [6.07, 6.45) is 0. The van der Waals surface area contributed by atoms with E-state index < -0.39 is 0 Å². The maximum Gasteiger partial charge on any atom is 0.494 e. The summed E-state index contributed by atoms with van der Waals surface area (Å²) in [5, 5.41) is 9.06. The van der Waals surface area contributed by atoms with Gasteiger partial charge >= 0.3 is 7.12 Å². The molecule has 0 saturated carbocycles. The molecule has 0 N–H and O–H groups in total. The summed E-state index contributed by atoms with van der Waals surface area (Å²) in [5.74, 6) is 0.